The molecule has 0 atom stereocenters. The molecule has 1 aliphatic heterocycles. The summed E-state index contributed by atoms with van der Waals surface area (Å²) < 4.78 is 22.2. The summed E-state index contributed by atoms with van der Waals surface area (Å²) in [5.41, 5.74) is -0.210. The van der Waals surface area contributed by atoms with Crippen LogP contribution in [0.15, 0.2) is 6.07 Å². The number of methoxy groups -OCH3 is 1. The lowest BCUT2D eigenvalue weighted by atomic mass is 9.85. The fraction of sp³-hybridized carbons (Fsp3) is 0.619. The second-order valence-corrected chi connectivity index (χ2v) is 9.64. The van der Waals surface area contributed by atoms with Crippen LogP contribution in [-0.4, -0.2) is 37.1 Å². The molecule has 0 bridgehead atoms. The molecule has 0 fully saturated rings. The summed E-state index contributed by atoms with van der Waals surface area (Å²) in [5, 5.41) is 5.43. The first-order valence-corrected chi connectivity index (χ1v) is 9.51. The number of hydrogen-bond acceptors (Lipinski definition) is 6. The Bertz CT molecular complexity index is 803. The lowest BCUT2D eigenvalue weighted by Crippen LogP contribution is -2.28. The third kappa shape index (κ3) is 5.68. The van der Waals surface area contributed by atoms with Crippen LogP contribution in [0, 0.1) is 0 Å². The number of anilines is 2. The molecule has 0 aliphatic carbocycles. The van der Waals surface area contributed by atoms with Crippen molar-refractivity contribution in [1.29, 1.82) is 0 Å². The van der Waals surface area contributed by atoms with Gasteiger partial charge in [-0.15, -0.1) is 0 Å². The molecule has 1 heterocycles. The molecule has 0 unspecified atom stereocenters. The SMILES string of the molecule is COc1c(NC(=O)OC(C)(C)C)cc(NC(=O)OC(C)(C)C)c2c1C(C)(C)CO2. The van der Waals surface area contributed by atoms with Crippen LogP contribution in [0.25, 0.3) is 0 Å². The van der Waals surface area contributed by atoms with Gasteiger partial charge < -0.3 is 18.9 Å². The molecule has 1 aromatic rings. The van der Waals surface area contributed by atoms with Gasteiger partial charge in [0.2, 0.25) is 0 Å². The van der Waals surface area contributed by atoms with Crippen LogP contribution in [0.3, 0.4) is 0 Å². The third-order valence-corrected chi connectivity index (χ3v) is 3.96. The number of carbonyl (C=O) groups excluding carboxylic acids is 2. The molecule has 0 saturated heterocycles. The van der Waals surface area contributed by atoms with Crippen molar-refractivity contribution in [2.24, 2.45) is 0 Å². The number of rotatable bonds is 3. The minimum absolute atomic E-state index is 0.366. The molecule has 1 aliphatic rings. The van der Waals surface area contributed by atoms with E-state index in [1.165, 1.54) is 7.11 Å². The van der Waals surface area contributed by atoms with Gasteiger partial charge in [0, 0.05) is 11.0 Å². The highest BCUT2D eigenvalue weighted by Crippen LogP contribution is 2.52. The Morgan fingerprint density at radius 1 is 0.966 bits per heavy atom. The van der Waals surface area contributed by atoms with Crippen LogP contribution in [0.1, 0.15) is 61.0 Å². The first-order chi connectivity index (χ1) is 13.1. The Labute approximate surface area is 172 Å². The van der Waals surface area contributed by atoms with Crippen LogP contribution in [0.4, 0.5) is 21.0 Å². The summed E-state index contributed by atoms with van der Waals surface area (Å²) in [6.45, 7) is 15.1. The van der Waals surface area contributed by atoms with Crippen molar-refractivity contribution in [3.8, 4) is 11.5 Å². The van der Waals surface area contributed by atoms with E-state index in [9.17, 15) is 9.59 Å². The van der Waals surface area contributed by atoms with Gasteiger partial charge in [0.15, 0.2) is 5.75 Å². The van der Waals surface area contributed by atoms with Crippen LogP contribution < -0.4 is 20.1 Å². The summed E-state index contributed by atoms with van der Waals surface area (Å²) >= 11 is 0. The normalized spacial score (nSPS) is 15.1. The highest BCUT2D eigenvalue weighted by Gasteiger charge is 2.39. The van der Waals surface area contributed by atoms with Crippen molar-refractivity contribution in [2.75, 3.05) is 24.4 Å². The summed E-state index contributed by atoms with van der Waals surface area (Å²) in [6.07, 6.45) is -1.25. The number of fused-ring (bicyclic) bond motifs is 1. The average molecular weight is 408 g/mol. The largest absolute Gasteiger partial charge is 0.494 e. The minimum atomic E-state index is -0.659. The van der Waals surface area contributed by atoms with E-state index < -0.39 is 28.8 Å². The van der Waals surface area contributed by atoms with Gasteiger partial charge in [0.25, 0.3) is 0 Å². The Morgan fingerprint density at radius 3 is 1.90 bits per heavy atom. The molecular weight excluding hydrogens is 376 g/mol. The van der Waals surface area contributed by atoms with E-state index in [2.05, 4.69) is 10.6 Å². The van der Waals surface area contributed by atoms with E-state index in [4.69, 9.17) is 18.9 Å². The molecule has 8 nitrogen and oxygen atoms in total. The highest BCUT2D eigenvalue weighted by molar-refractivity contribution is 5.94. The van der Waals surface area contributed by atoms with Crippen molar-refractivity contribution >= 4 is 23.6 Å². The van der Waals surface area contributed by atoms with Gasteiger partial charge in [0.05, 0.1) is 25.1 Å². The quantitative estimate of drug-likeness (QED) is 0.726. The van der Waals surface area contributed by atoms with E-state index in [-0.39, 0.29) is 0 Å². The summed E-state index contributed by atoms with van der Waals surface area (Å²) in [5.74, 6) is 0.954. The molecule has 0 radical (unpaired) electrons. The molecule has 162 valence electrons. The predicted octanol–water partition coefficient (Wildman–Crippen LogP) is 5.06. The number of hydrogen-bond donors (Lipinski definition) is 2. The zero-order valence-electron chi connectivity index (χ0n) is 18.7. The monoisotopic (exact) mass is 408 g/mol. The molecule has 8 heteroatoms. The van der Waals surface area contributed by atoms with E-state index >= 15 is 0 Å². The van der Waals surface area contributed by atoms with E-state index in [0.717, 1.165) is 5.56 Å². The van der Waals surface area contributed by atoms with Crippen LogP contribution in [0.2, 0.25) is 0 Å². The zero-order valence-corrected chi connectivity index (χ0v) is 18.7. The van der Waals surface area contributed by atoms with Gasteiger partial charge >= 0.3 is 12.2 Å². The van der Waals surface area contributed by atoms with Gasteiger partial charge in [-0.3, -0.25) is 10.6 Å². The first-order valence-electron chi connectivity index (χ1n) is 9.51. The van der Waals surface area contributed by atoms with Gasteiger partial charge in [-0.25, -0.2) is 9.59 Å². The molecule has 0 spiro atoms. The summed E-state index contributed by atoms with van der Waals surface area (Å²) in [4.78, 5) is 24.7. The van der Waals surface area contributed by atoms with Crippen molar-refractivity contribution in [3.63, 3.8) is 0 Å². The molecule has 2 amide bonds. The topological polar surface area (TPSA) is 95.1 Å². The molecule has 0 aromatic heterocycles. The average Bonchev–Trinajstić information content (AvgIpc) is 2.80. The summed E-state index contributed by atoms with van der Waals surface area (Å²) in [6, 6.07) is 1.58. The van der Waals surface area contributed by atoms with Crippen LogP contribution in [-0.2, 0) is 14.9 Å². The predicted molar refractivity (Wildman–Crippen MR) is 111 cm³/mol. The Hall–Kier alpha value is -2.64. The maximum atomic E-state index is 12.3. The van der Waals surface area contributed by atoms with Gasteiger partial charge in [-0.2, -0.15) is 0 Å². The minimum Gasteiger partial charge on any atom is -0.494 e. The molecule has 2 N–H and O–H groups in total. The van der Waals surface area contributed by atoms with Gasteiger partial charge in [0.1, 0.15) is 17.0 Å². The van der Waals surface area contributed by atoms with Crippen LogP contribution in [0.5, 0.6) is 11.5 Å². The second-order valence-electron chi connectivity index (χ2n) is 9.64. The number of nitrogens with one attached hydrogen (secondary N) is 2. The van der Waals surface area contributed by atoms with Gasteiger partial charge in [-0.1, -0.05) is 13.8 Å². The third-order valence-electron chi connectivity index (χ3n) is 3.96. The lowest BCUT2D eigenvalue weighted by Gasteiger charge is -2.24. The number of benzene rings is 1. The maximum Gasteiger partial charge on any atom is 0.412 e. The Morgan fingerprint density at radius 2 is 1.45 bits per heavy atom. The number of ether oxygens (including phenoxy) is 4. The molecule has 2 rings (SSSR count). The van der Waals surface area contributed by atoms with E-state index in [0.29, 0.717) is 29.5 Å². The molecular formula is C21H32N2O6. The Balaban J connectivity index is 2.48. The number of carbonyl (C=O) groups is 2. The fourth-order valence-electron chi connectivity index (χ4n) is 2.96. The Kier molecular flexibility index (Phi) is 5.97. The van der Waals surface area contributed by atoms with Crippen molar-refractivity contribution in [3.05, 3.63) is 11.6 Å². The number of amides is 2. The van der Waals surface area contributed by atoms with Crippen molar-refractivity contribution in [1.82, 2.24) is 0 Å². The fourth-order valence-corrected chi connectivity index (χ4v) is 2.96. The van der Waals surface area contributed by atoms with E-state index in [1.807, 2.05) is 13.8 Å². The zero-order chi connectivity index (χ0) is 22.2. The second kappa shape index (κ2) is 7.65. The lowest BCUT2D eigenvalue weighted by molar-refractivity contribution is 0.0625. The first kappa shape index (κ1) is 22.6. The van der Waals surface area contributed by atoms with Gasteiger partial charge in [-0.05, 0) is 47.6 Å². The van der Waals surface area contributed by atoms with Crippen molar-refractivity contribution in [2.45, 2.75) is 72.0 Å². The van der Waals surface area contributed by atoms with Crippen molar-refractivity contribution < 1.29 is 28.5 Å². The maximum absolute atomic E-state index is 12.3. The molecule has 0 saturated carbocycles. The summed E-state index contributed by atoms with van der Waals surface area (Å²) in [7, 11) is 1.52. The van der Waals surface area contributed by atoms with E-state index in [1.54, 1.807) is 47.6 Å². The van der Waals surface area contributed by atoms with Crippen LogP contribution >= 0.6 is 0 Å². The smallest absolute Gasteiger partial charge is 0.412 e. The molecule has 1 aromatic carbocycles. The highest BCUT2D eigenvalue weighted by atomic mass is 16.6. The standard InChI is InChI=1S/C21H32N2O6/c1-19(2,3)28-17(24)22-12-10-13(23-18(25)29-20(4,5)6)16-14(15(12)26-9)21(7,8)11-27-16/h10H,11H2,1-9H3,(H,22,24)(H,23,25). The molecule has 29 heavy (non-hydrogen) atoms.